The van der Waals surface area contributed by atoms with E-state index in [0.717, 1.165) is 17.3 Å². The third-order valence-electron chi connectivity index (χ3n) is 3.89. The maximum atomic E-state index is 13.4. The van der Waals surface area contributed by atoms with Crippen molar-refractivity contribution >= 4 is 27.8 Å². The highest BCUT2D eigenvalue weighted by atomic mass is 32.2. The maximum Gasteiger partial charge on any atom is 0.274 e. The number of nitrogens with two attached hydrogens (primary N) is 1. The number of aliphatic hydroxyl groups excluding tert-OH is 1. The van der Waals surface area contributed by atoms with E-state index >= 15 is 0 Å². The minimum Gasteiger partial charge on any atom is -0.391 e. The lowest BCUT2D eigenvalue weighted by Gasteiger charge is -2.27. The van der Waals surface area contributed by atoms with Crippen LogP contribution in [0.15, 0.2) is 32.8 Å². The van der Waals surface area contributed by atoms with E-state index in [1.54, 1.807) is 6.07 Å². The van der Waals surface area contributed by atoms with Crippen molar-refractivity contribution in [2.75, 3.05) is 12.3 Å². The van der Waals surface area contributed by atoms with Crippen LogP contribution in [0.5, 0.6) is 0 Å². The molecule has 0 bridgehead atoms. The summed E-state index contributed by atoms with van der Waals surface area (Å²) in [5.74, 6) is -0.362. The van der Waals surface area contributed by atoms with Crippen molar-refractivity contribution < 1.29 is 27.8 Å². The normalized spacial score (nSPS) is 17.7. The van der Waals surface area contributed by atoms with Crippen LogP contribution < -0.4 is 15.3 Å². The zero-order chi connectivity index (χ0) is 20.3. The molecule has 1 heterocycles. The summed E-state index contributed by atoms with van der Waals surface area (Å²) in [6, 6.07) is 4.07. The fourth-order valence-corrected chi connectivity index (χ4v) is 3.78. The molecule has 6 N–H and O–H groups in total. The molecule has 0 unspecified atom stereocenters. The number of hydrogen-bond donors (Lipinski definition) is 5. The molecule has 2 atom stereocenters. The van der Waals surface area contributed by atoms with E-state index in [4.69, 9.17) is 5.14 Å². The average Bonchev–Trinajstić information content (AvgIpc) is 3.09. The zero-order valence-corrected chi connectivity index (χ0v) is 15.9. The van der Waals surface area contributed by atoms with Crippen LogP contribution in [0.1, 0.15) is 22.9 Å². The number of benzene rings is 1. The lowest BCUT2D eigenvalue weighted by molar-refractivity contribution is 0.203. The van der Waals surface area contributed by atoms with Gasteiger partial charge in [-0.05, 0) is 40.0 Å². The van der Waals surface area contributed by atoms with Crippen molar-refractivity contribution in [1.82, 2.24) is 20.5 Å². The van der Waals surface area contributed by atoms with Gasteiger partial charge in [0, 0.05) is 12.3 Å². The number of fused-ring (bicyclic) bond motifs is 1. The predicted molar refractivity (Wildman–Crippen MR) is 96.4 cm³/mol. The van der Waals surface area contributed by atoms with E-state index < -0.39 is 16.3 Å². The second kappa shape index (κ2) is 8.50. The van der Waals surface area contributed by atoms with Crippen LogP contribution in [0.25, 0.3) is 0 Å². The number of halogens is 1. The molecule has 0 amide bonds. The Morgan fingerprint density at radius 3 is 3.00 bits per heavy atom. The molecule has 14 heteroatoms. The highest BCUT2D eigenvalue weighted by Crippen LogP contribution is 2.37. The fraction of sp³-hybridized carbons (Fsp3) is 0.357. The fourth-order valence-electron chi connectivity index (χ4n) is 2.53. The monoisotopic (exact) mass is 432 g/mol. The van der Waals surface area contributed by atoms with Crippen molar-refractivity contribution in [2.24, 2.45) is 10.1 Å². The first kappa shape index (κ1) is 20.6. The Kier molecular flexibility index (Phi) is 6.26. The van der Waals surface area contributed by atoms with E-state index in [1.165, 1.54) is 12.1 Å². The van der Waals surface area contributed by atoms with Gasteiger partial charge in [-0.15, -0.1) is 0 Å². The summed E-state index contributed by atoms with van der Waals surface area (Å²) in [4.78, 5) is 4.32. The molecule has 11 nitrogen and oxygen atoms in total. The number of hydrogen-bond acceptors (Lipinski definition) is 9. The number of amidine groups is 1. The highest BCUT2D eigenvalue weighted by molar-refractivity contribution is 7.99. The Morgan fingerprint density at radius 1 is 1.50 bits per heavy atom. The van der Waals surface area contributed by atoms with Crippen LogP contribution in [-0.2, 0) is 16.6 Å². The number of nitrogens with one attached hydrogen (secondary N) is 2. The van der Waals surface area contributed by atoms with E-state index in [2.05, 4.69) is 19.9 Å². The summed E-state index contributed by atoms with van der Waals surface area (Å²) >= 11 is 1.01. The standard InChI is InChI=1S/C14H17FN6O5S2/c15-8-2-1-7-3-11(10(7)4-8)18-13(19-23)12-14(21-26-20-12)27-6-9(22)5-17-28(16,24)25/h1-2,4,9,11,17,22-23H,3,5-6H2,(H,18,19)(H2,16,24,25)/t9-,11+/m1/s1. The third-order valence-corrected chi connectivity index (χ3v) is 5.55. The van der Waals surface area contributed by atoms with Gasteiger partial charge in [0.2, 0.25) is 0 Å². The molecule has 1 aromatic carbocycles. The summed E-state index contributed by atoms with van der Waals surface area (Å²) in [6.45, 7) is -0.282. The summed E-state index contributed by atoms with van der Waals surface area (Å²) in [7, 11) is -3.91. The molecular formula is C14H17FN6O5S2. The number of thioether (sulfide) groups is 1. The number of rotatable bonds is 8. The first-order chi connectivity index (χ1) is 13.3. The van der Waals surface area contributed by atoms with Gasteiger partial charge in [-0.3, -0.25) is 15.7 Å². The van der Waals surface area contributed by atoms with E-state index in [-0.39, 0.29) is 40.7 Å². The Morgan fingerprint density at radius 2 is 2.29 bits per heavy atom. The maximum absolute atomic E-state index is 13.4. The minimum absolute atomic E-state index is 0.0270. The van der Waals surface area contributed by atoms with Gasteiger partial charge in [-0.1, -0.05) is 17.8 Å². The first-order valence-electron chi connectivity index (χ1n) is 7.94. The molecule has 1 aliphatic rings. The molecule has 0 fully saturated rings. The third kappa shape index (κ3) is 5.03. The molecule has 1 aliphatic carbocycles. The Bertz CT molecular complexity index is 982. The van der Waals surface area contributed by atoms with Gasteiger partial charge in [0.15, 0.2) is 16.6 Å². The molecule has 0 spiro atoms. The molecule has 0 saturated heterocycles. The number of nitrogens with zero attached hydrogens (tertiary/aromatic N) is 3. The van der Waals surface area contributed by atoms with Crippen molar-refractivity contribution in [3.05, 3.63) is 40.8 Å². The zero-order valence-electron chi connectivity index (χ0n) is 14.2. The van der Waals surface area contributed by atoms with Crippen molar-refractivity contribution in [1.29, 1.82) is 0 Å². The van der Waals surface area contributed by atoms with Gasteiger partial charge in [0.25, 0.3) is 10.2 Å². The van der Waals surface area contributed by atoms with E-state index in [0.29, 0.717) is 12.0 Å². The minimum atomic E-state index is -3.91. The molecular weight excluding hydrogens is 415 g/mol. The van der Waals surface area contributed by atoms with Crippen molar-refractivity contribution in [3.8, 4) is 0 Å². The number of aliphatic hydroxyl groups is 1. The lowest BCUT2D eigenvalue weighted by Crippen LogP contribution is -2.37. The molecule has 0 saturated carbocycles. The van der Waals surface area contributed by atoms with E-state index in [1.807, 2.05) is 10.2 Å². The largest absolute Gasteiger partial charge is 0.391 e. The number of aliphatic imine (C=N–C) groups is 1. The molecule has 3 rings (SSSR count). The Labute approximate surface area is 163 Å². The summed E-state index contributed by atoms with van der Waals surface area (Å²) in [5, 5.41) is 31.6. The van der Waals surface area contributed by atoms with Gasteiger partial charge in [-0.2, -0.15) is 13.1 Å². The molecule has 0 radical (unpaired) electrons. The van der Waals surface area contributed by atoms with Gasteiger partial charge in [0.1, 0.15) is 5.82 Å². The van der Waals surface area contributed by atoms with Crippen LogP contribution in [0.3, 0.4) is 0 Å². The molecule has 2 aromatic rings. The summed E-state index contributed by atoms with van der Waals surface area (Å²) < 4.78 is 41.7. The van der Waals surface area contributed by atoms with Crippen molar-refractivity contribution in [3.63, 3.8) is 0 Å². The van der Waals surface area contributed by atoms with E-state index in [9.17, 15) is 23.1 Å². The van der Waals surface area contributed by atoms with Crippen LogP contribution in [-0.4, -0.2) is 53.3 Å². The summed E-state index contributed by atoms with van der Waals surface area (Å²) in [5.41, 5.74) is 3.71. The Hall–Kier alpha value is -2.10. The number of aromatic nitrogens is 2. The predicted octanol–water partition coefficient (Wildman–Crippen LogP) is -0.522. The van der Waals surface area contributed by atoms with Gasteiger partial charge in [-0.25, -0.2) is 14.2 Å². The van der Waals surface area contributed by atoms with Gasteiger partial charge in [0.05, 0.1) is 12.1 Å². The molecule has 28 heavy (non-hydrogen) atoms. The molecule has 1 aromatic heterocycles. The van der Waals surface area contributed by atoms with Crippen LogP contribution >= 0.6 is 11.8 Å². The van der Waals surface area contributed by atoms with Crippen molar-refractivity contribution in [2.45, 2.75) is 23.6 Å². The summed E-state index contributed by atoms with van der Waals surface area (Å²) in [6.07, 6.45) is -0.483. The second-order valence-corrected chi connectivity index (χ2v) is 8.32. The SMILES string of the molecule is NS(=O)(=O)NC[C@@H](O)CSc1nonc1C(=N[C@H]1Cc2ccc(F)cc21)NO. The topological polar surface area (TPSA) is 176 Å². The van der Waals surface area contributed by atoms with Gasteiger partial charge >= 0.3 is 0 Å². The second-order valence-electron chi connectivity index (χ2n) is 5.93. The van der Waals surface area contributed by atoms with Crippen LogP contribution in [0.4, 0.5) is 4.39 Å². The quantitative estimate of drug-likeness (QED) is 0.159. The molecule has 0 aliphatic heterocycles. The van der Waals surface area contributed by atoms with Crippen LogP contribution in [0, 0.1) is 5.82 Å². The van der Waals surface area contributed by atoms with Gasteiger partial charge < -0.3 is 5.11 Å². The Balaban J connectivity index is 1.67. The average molecular weight is 432 g/mol. The lowest BCUT2D eigenvalue weighted by atomic mass is 9.83. The smallest absolute Gasteiger partial charge is 0.274 e. The first-order valence-corrected chi connectivity index (χ1v) is 10.5. The number of hydroxylamine groups is 1. The van der Waals surface area contributed by atoms with Crippen LogP contribution in [0.2, 0.25) is 0 Å². The highest BCUT2D eigenvalue weighted by Gasteiger charge is 2.28. The molecule has 152 valence electrons.